The second-order valence-electron chi connectivity index (χ2n) is 6.96. The summed E-state index contributed by atoms with van der Waals surface area (Å²) in [6.45, 7) is 9.26. The van der Waals surface area contributed by atoms with Crippen LogP contribution < -0.4 is 0 Å². The molecule has 0 spiro atoms. The van der Waals surface area contributed by atoms with Crippen LogP contribution in [0, 0.1) is 5.41 Å². The van der Waals surface area contributed by atoms with Crippen molar-refractivity contribution < 1.29 is 19.4 Å². The lowest BCUT2D eigenvalue weighted by Crippen LogP contribution is -2.56. The van der Waals surface area contributed by atoms with Gasteiger partial charge in [-0.05, 0) is 12.0 Å². The molecule has 0 bridgehead atoms. The van der Waals surface area contributed by atoms with E-state index in [1.54, 1.807) is 6.08 Å². The van der Waals surface area contributed by atoms with E-state index in [1.165, 1.54) is 4.90 Å². The van der Waals surface area contributed by atoms with Gasteiger partial charge >= 0.3 is 12.1 Å². The number of amides is 1. The summed E-state index contributed by atoms with van der Waals surface area (Å²) in [5, 5.41) is 9.76. The Morgan fingerprint density at radius 2 is 2.00 bits per heavy atom. The van der Waals surface area contributed by atoms with Gasteiger partial charge in [0.25, 0.3) is 0 Å². The van der Waals surface area contributed by atoms with E-state index in [4.69, 9.17) is 4.74 Å². The Balaban J connectivity index is 2.52. The Kier molecular flexibility index (Phi) is 4.50. The van der Waals surface area contributed by atoms with Crippen molar-refractivity contribution in [3.63, 3.8) is 0 Å². The first-order chi connectivity index (χ1) is 10.7. The molecule has 0 aromatic heterocycles. The van der Waals surface area contributed by atoms with Gasteiger partial charge in [0.2, 0.25) is 0 Å². The number of carbonyl (C=O) groups excluding carboxylic acids is 1. The first kappa shape index (κ1) is 17.1. The molecular formula is C18H23NO4. The highest BCUT2D eigenvalue weighted by Gasteiger charge is 2.59. The van der Waals surface area contributed by atoms with Gasteiger partial charge in [0, 0.05) is 11.8 Å². The van der Waals surface area contributed by atoms with Crippen LogP contribution in [0.1, 0.15) is 32.8 Å². The Hall–Kier alpha value is -2.30. The highest BCUT2D eigenvalue weighted by atomic mass is 16.6. The molecule has 1 fully saturated rings. The highest BCUT2D eigenvalue weighted by Crippen LogP contribution is 2.41. The maximum absolute atomic E-state index is 12.7. The summed E-state index contributed by atoms with van der Waals surface area (Å²) in [7, 11) is 0. The van der Waals surface area contributed by atoms with E-state index in [9.17, 15) is 14.7 Å². The summed E-state index contributed by atoms with van der Waals surface area (Å²) in [6, 6.07) is 9.36. The number of carbonyl (C=O) groups is 2. The van der Waals surface area contributed by atoms with Crippen molar-refractivity contribution in [2.45, 2.75) is 45.4 Å². The molecule has 1 aliphatic rings. The van der Waals surface area contributed by atoms with Crippen LogP contribution in [-0.2, 0) is 16.0 Å². The molecule has 1 heterocycles. The molecule has 0 aliphatic carbocycles. The quantitative estimate of drug-likeness (QED) is 0.682. The van der Waals surface area contributed by atoms with Gasteiger partial charge in [-0.2, -0.15) is 0 Å². The molecule has 2 atom stereocenters. The topological polar surface area (TPSA) is 66.8 Å². The number of rotatable bonds is 4. The van der Waals surface area contributed by atoms with Crippen molar-refractivity contribution in [3.8, 4) is 0 Å². The molecule has 0 unspecified atom stereocenters. The van der Waals surface area contributed by atoms with Gasteiger partial charge in [0.15, 0.2) is 11.8 Å². The van der Waals surface area contributed by atoms with Crippen molar-refractivity contribution in [3.05, 3.63) is 48.6 Å². The lowest BCUT2D eigenvalue weighted by molar-refractivity contribution is -0.148. The van der Waals surface area contributed by atoms with Crippen LogP contribution in [0.4, 0.5) is 4.79 Å². The standard InChI is InChI=1S/C18H23NO4/c1-5-11-18(12-13-9-7-6-8-10-13)15(20)23-14(17(2,3)4)19(18)16(21)22/h5-10,14H,1,11-12H2,2-4H3,(H,21,22)/t14-,18-/m0/s1. The maximum Gasteiger partial charge on any atom is 0.411 e. The minimum Gasteiger partial charge on any atom is -0.465 e. The molecule has 1 aliphatic heterocycles. The maximum atomic E-state index is 12.7. The van der Waals surface area contributed by atoms with E-state index in [1.807, 2.05) is 51.1 Å². The summed E-state index contributed by atoms with van der Waals surface area (Å²) < 4.78 is 5.50. The van der Waals surface area contributed by atoms with E-state index in [2.05, 4.69) is 6.58 Å². The van der Waals surface area contributed by atoms with Crippen molar-refractivity contribution in [2.75, 3.05) is 0 Å². The summed E-state index contributed by atoms with van der Waals surface area (Å²) in [6.07, 6.45) is 0.0623. The molecule has 124 valence electrons. The number of ether oxygens (including phenoxy) is 1. The first-order valence-electron chi connectivity index (χ1n) is 7.60. The molecule has 2 rings (SSSR count). The minimum absolute atomic E-state index is 0.208. The monoisotopic (exact) mass is 317 g/mol. The molecule has 5 heteroatoms. The number of benzene rings is 1. The van der Waals surface area contributed by atoms with Crippen molar-refractivity contribution in [1.29, 1.82) is 0 Å². The number of hydrogen-bond donors (Lipinski definition) is 1. The van der Waals surface area contributed by atoms with Crippen molar-refractivity contribution in [2.24, 2.45) is 5.41 Å². The van der Waals surface area contributed by atoms with Crippen LogP contribution >= 0.6 is 0 Å². The Labute approximate surface area is 136 Å². The van der Waals surface area contributed by atoms with Crippen molar-refractivity contribution >= 4 is 12.1 Å². The van der Waals surface area contributed by atoms with Crippen LogP contribution in [0.25, 0.3) is 0 Å². The fourth-order valence-electron chi connectivity index (χ4n) is 3.02. The zero-order chi connectivity index (χ0) is 17.3. The molecule has 1 saturated heterocycles. The number of nitrogens with zero attached hydrogens (tertiary/aromatic N) is 1. The van der Waals surface area contributed by atoms with Crippen LogP contribution in [0.5, 0.6) is 0 Å². The van der Waals surface area contributed by atoms with Gasteiger partial charge in [-0.25, -0.2) is 9.59 Å². The van der Waals surface area contributed by atoms with Crippen molar-refractivity contribution in [1.82, 2.24) is 4.90 Å². The molecule has 0 saturated carbocycles. The zero-order valence-corrected chi connectivity index (χ0v) is 13.8. The number of cyclic esters (lactones) is 1. The van der Waals surface area contributed by atoms with Gasteiger partial charge in [-0.1, -0.05) is 57.2 Å². The number of hydrogen-bond acceptors (Lipinski definition) is 3. The zero-order valence-electron chi connectivity index (χ0n) is 13.8. The lowest BCUT2D eigenvalue weighted by atomic mass is 9.84. The third-order valence-electron chi connectivity index (χ3n) is 4.06. The molecule has 1 amide bonds. The molecule has 1 aromatic rings. The summed E-state index contributed by atoms with van der Waals surface area (Å²) in [5.74, 6) is -0.511. The first-order valence-corrected chi connectivity index (χ1v) is 7.60. The van der Waals surface area contributed by atoms with E-state index in [-0.39, 0.29) is 12.8 Å². The Morgan fingerprint density at radius 3 is 2.48 bits per heavy atom. The molecular weight excluding hydrogens is 294 g/mol. The summed E-state index contributed by atoms with van der Waals surface area (Å²) in [5.41, 5.74) is -0.910. The van der Waals surface area contributed by atoms with E-state index >= 15 is 0 Å². The molecule has 5 nitrogen and oxygen atoms in total. The second-order valence-corrected chi connectivity index (χ2v) is 6.96. The lowest BCUT2D eigenvalue weighted by Gasteiger charge is -2.37. The number of esters is 1. The van der Waals surface area contributed by atoms with Crippen LogP contribution in [0.2, 0.25) is 0 Å². The van der Waals surface area contributed by atoms with E-state index < -0.39 is 29.2 Å². The third-order valence-corrected chi connectivity index (χ3v) is 4.06. The second kappa shape index (κ2) is 6.07. The Morgan fingerprint density at radius 1 is 1.39 bits per heavy atom. The average molecular weight is 317 g/mol. The van der Waals surface area contributed by atoms with E-state index in [0.29, 0.717) is 0 Å². The molecule has 23 heavy (non-hydrogen) atoms. The van der Waals surface area contributed by atoms with Crippen LogP contribution in [0.3, 0.4) is 0 Å². The fourth-order valence-corrected chi connectivity index (χ4v) is 3.02. The van der Waals surface area contributed by atoms with Gasteiger partial charge in [0.05, 0.1) is 0 Å². The molecule has 0 radical (unpaired) electrons. The van der Waals surface area contributed by atoms with Gasteiger partial charge in [0.1, 0.15) is 0 Å². The van der Waals surface area contributed by atoms with Gasteiger partial charge in [-0.15, -0.1) is 6.58 Å². The smallest absolute Gasteiger partial charge is 0.411 e. The average Bonchev–Trinajstić information content (AvgIpc) is 2.74. The summed E-state index contributed by atoms with van der Waals surface area (Å²) in [4.78, 5) is 25.8. The van der Waals surface area contributed by atoms with E-state index in [0.717, 1.165) is 5.56 Å². The highest BCUT2D eigenvalue weighted by molar-refractivity contribution is 5.89. The predicted octanol–water partition coefficient (Wildman–Crippen LogP) is 3.45. The predicted molar refractivity (Wildman–Crippen MR) is 86.9 cm³/mol. The largest absolute Gasteiger partial charge is 0.465 e. The third kappa shape index (κ3) is 3.09. The fraction of sp³-hybridized carbons (Fsp3) is 0.444. The summed E-state index contributed by atoms with van der Waals surface area (Å²) >= 11 is 0. The minimum atomic E-state index is -1.27. The molecule has 1 aromatic carbocycles. The molecule has 1 N–H and O–H groups in total. The van der Waals surface area contributed by atoms with Crippen LogP contribution in [0.15, 0.2) is 43.0 Å². The van der Waals surface area contributed by atoms with Gasteiger partial charge in [-0.3, -0.25) is 4.90 Å². The van der Waals surface area contributed by atoms with Gasteiger partial charge < -0.3 is 9.84 Å². The number of carboxylic acid groups (broad SMARTS) is 1. The Bertz CT molecular complexity index is 605. The van der Waals surface area contributed by atoms with Crippen LogP contribution in [-0.4, -0.2) is 33.8 Å². The normalized spacial score (nSPS) is 24.4. The SMILES string of the molecule is C=CC[C@]1(Cc2ccccc2)C(=O)O[C@@H](C(C)(C)C)N1C(=O)O.